The molecule has 130 valence electrons. The van der Waals surface area contributed by atoms with Crippen molar-refractivity contribution in [1.82, 2.24) is 4.90 Å². The summed E-state index contributed by atoms with van der Waals surface area (Å²) < 4.78 is 11.1. The lowest BCUT2D eigenvalue weighted by Crippen LogP contribution is -2.37. The van der Waals surface area contributed by atoms with Crippen LogP contribution in [-0.2, 0) is 4.74 Å². The normalized spacial score (nSPS) is 22.7. The molecule has 0 spiro atoms. The first-order valence-electron chi connectivity index (χ1n) is 7.72. The third-order valence-electron chi connectivity index (χ3n) is 4.36. The van der Waals surface area contributed by atoms with E-state index in [2.05, 4.69) is 4.90 Å². The van der Waals surface area contributed by atoms with E-state index < -0.39 is 16.5 Å². The van der Waals surface area contributed by atoms with Gasteiger partial charge in [0.15, 0.2) is 5.02 Å². The molecular weight excluding hydrogens is 338 g/mol. The van der Waals surface area contributed by atoms with Crippen LogP contribution < -0.4 is 10.5 Å². The summed E-state index contributed by atoms with van der Waals surface area (Å²) in [5.74, 6) is -0.668. The fourth-order valence-corrected chi connectivity index (χ4v) is 3.40. The van der Waals surface area contributed by atoms with E-state index in [9.17, 15) is 14.9 Å². The number of hydrogen-bond donors (Lipinski definition) is 1. The lowest BCUT2D eigenvalue weighted by Gasteiger charge is -2.26. The molecule has 0 unspecified atom stereocenters. The second-order valence-corrected chi connectivity index (χ2v) is 6.35. The SMILES string of the molecule is NC(=O)c1cc(OCCCN2C[C@H]3C[C@@H]2CO3)c(Cl)c([N+](=O)[O-])c1. The largest absolute Gasteiger partial charge is 0.492 e. The topological polar surface area (TPSA) is 108 Å². The number of morpholine rings is 1. The number of carbonyl (C=O) groups excluding carboxylic acids is 1. The van der Waals surface area contributed by atoms with Crippen LogP contribution in [0.1, 0.15) is 23.2 Å². The van der Waals surface area contributed by atoms with Crippen LogP contribution in [0.5, 0.6) is 5.75 Å². The van der Waals surface area contributed by atoms with Crippen LogP contribution in [-0.4, -0.2) is 54.2 Å². The maximum Gasteiger partial charge on any atom is 0.292 e. The smallest absolute Gasteiger partial charge is 0.292 e. The highest BCUT2D eigenvalue weighted by molar-refractivity contribution is 6.34. The van der Waals surface area contributed by atoms with Gasteiger partial charge in [-0.3, -0.25) is 19.8 Å². The van der Waals surface area contributed by atoms with Gasteiger partial charge in [-0.05, 0) is 18.9 Å². The van der Waals surface area contributed by atoms with Crippen molar-refractivity contribution in [3.8, 4) is 5.75 Å². The maximum absolute atomic E-state index is 11.3. The van der Waals surface area contributed by atoms with Gasteiger partial charge in [0.25, 0.3) is 5.69 Å². The number of ether oxygens (including phenoxy) is 2. The van der Waals surface area contributed by atoms with Crippen molar-refractivity contribution in [3.05, 3.63) is 32.8 Å². The molecule has 2 bridgehead atoms. The highest BCUT2D eigenvalue weighted by atomic mass is 35.5. The molecule has 9 heteroatoms. The van der Waals surface area contributed by atoms with Crippen LogP contribution in [0.4, 0.5) is 5.69 Å². The Labute approximate surface area is 143 Å². The van der Waals surface area contributed by atoms with Crippen molar-refractivity contribution < 1.29 is 19.2 Å². The van der Waals surface area contributed by atoms with Gasteiger partial charge in [0.2, 0.25) is 5.91 Å². The first kappa shape index (κ1) is 16.9. The zero-order chi connectivity index (χ0) is 17.3. The molecule has 2 N–H and O–H groups in total. The van der Waals surface area contributed by atoms with Gasteiger partial charge in [0.1, 0.15) is 5.75 Å². The number of nitro benzene ring substituents is 1. The summed E-state index contributed by atoms with van der Waals surface area (Å²) in [6.07, 6.45) is 2.17. The van der Waals surface area contributed by atoms with E-state index >= 15 is 0 Å². The van der Waals surface area contributed by atoms with Gasteiger partial charge in [-0.15, -0.1) is 0 Å². The van der Waals surface area contributed by atoms with E-state index in [1.54, 1.807) is 0 Å². The van der Waals surface area contributed by atoms with Crippen LogP contribution in [0.3, 0.4) is 0 Å². The Morgan fingerprint density at radius 1 is 1.54 bits per heavy atom. The zero-order valence-electron chi connectivity index (χ0n) is 12.9. The Bertz CT molecular complexity index is 669. The van der Waals surface area contributed by atoms with E-state index in [0.717, 1.165) is 38.6 Å². The minimum atomic E-state index is -0.771. The summed E-state index contributed by atoms with van der Waals surface area (Å²) >= 11 is 5.99. The molecule has 2 fully saturated rings. The Kier molecular flexibility index (Phi) is 4.88. The lowest BCUT2D eigenvalue weighted by atomic mass is 10.2. The fraction of sp³-hybridized carbons (Fsp3) is 0.533. The quantitative estimate of drug-likeness (QED) is 0.452. The van der Waals surface area contributed by atoms with Gasteiger partial charge in [-0.25, -0.2) is 0 Å². The minimum absolute atomic E-state index is 0.00454. The Morgan fingerprint density at radius 3 is 2.92 bits per heavy atom. The van der Waals surface area contributed by atoms with Crippen molar-refractivity contribution in [2.24, 2.45) is 5.73 Å². The van der Waals surface area contributed by atoms with Gasteiger partial charge < -0.3 is 15.2 Å². The number of fused-ring (bicyclic) bond motifs is 2. The average Bonchev–Trinajstić information content (AvgIpc) is 3.15. The number of likely N-dealkylation sites (tertiary alicyclic amines) is 1. The highest BCUT2D eigenvalue weighted by Crippen LogP contribution is 2.35. The number of nitro groups is 1. The summed E-state index contributed by atoms with van der Waals surface area (Å²) in [5, 5.41) is 10.9. The summed E-state index contributed by atoms with van der Waals surface area (Å²) in [6, 6.07) is 2.87. The first-order valence-corrected chi connectivity index (χ1v) is 8.09. The number of carbonyl (C=O) groups is 1. The Balaban J connectivity index is 1.59. The number of rotatable bonds is 7. The molecule has 2 atom stereocenters. The molecule has 0 saturated carbocycles. The molecule has 0 radical (unpaired) electrons. The first-order chi connectivity index (χ1) is 11.5. The third kappa shape index (κ3) is 3.45. The zero-order valence-corrected chi connectivity index (χ0v) is 13.7. The van der Waals surface area contributed by atoms with Crippen molar-refractivity contribution in [1.29, 1.82) is 0 Å². The van der Waals surface area contributed by atoms with Gasteiger partial charge in [-0.2, -0.15) is 0 Å². The van der Waals surface area contributed by atoms with E-state index in [-0.39, 0.29) is 16.3 Å². The number of amides is 1. The molecule has 3 rings (SSSR count). The van der Waals surface area contributed by atoms with Gasteiger partial charge in [-0.1, -0.05) is 11.6 Å². The maximum atomic E-state index is 11.3. The minimum Gasteiger partial charge on any atom is -0.492 e. The molecule has 1 amide bonds. The summed E-state index contributed by atoms with van der Waals surface area (Å²) in [5.41, 5.74) is 4.80. The molecular formula is C15H18ClN3O5. The van der Waals surface area contributed by atoms with Crippen molar-refractivity contribution in [2.45, 2.75) is 25.0 Å². The number of primary amides is 1. The van der Waals surface area contributed by atoms with Gasteiger partial charge in [0, 0.05) is 30.8 Å². The molecule has 0 aromatic heterocycles. The lowest BCUT2D eigenvalue weighted by molar-refractivity contribution is -0.384. The molecule has 1 aromatic rings. The van der Waals surface area contributed by atoms with E-state index in [4.69, 9.17) is 26.8 Å². The van der Waals surface area contributed by atoms with Crippen molar-refractivity contribution >= 4 is 23.2 Å². The van der Waals surface area contributed by atoms with Crippen molar-refractivity contribution in [2.75, 3.05) is 26.3 Å². The average molecular weight is 356 g/mol. The third-order valence-corrected chi connectivity index (χ3v) is 4.74. The van der Waals surface area contributed by atoms with Crippen LogP contribution in [0.15, 0.2) is 12.1 Å². The Morgan fingerprint density at radius 2 is 2.33 bits per heavy atom. The molecule has 8 nitrogen and oxygen atoms in total. The monoisotopic (exact) mass is 355 g/mol. The van der Waals surface area contributed by atoms with E-state index in [0.29, 0.717) is 18.8 Å². The molecule has 2 saturated heterocycles. The molecule has 2 aliphatic rings. The molecule has 2 heterocycles. The number of halogens is 1. The van der Waals surface area contributed by atoms with Crippen LogP contribution >= 0.6 is 11.6 Å². The Hall–Kier alpha value is -1.90. The predicted molar refractivity (Wildman–Crippen MR) is 86.5 cm³/mol. The number of hydrogen-bond acceptors (Lipinski definition) is 6. The number of nitrogens with zero attached hydrogens (tertiary/aromatic N) is 2. The van der Waals surface area contributed by atoms with Crippen LogP contribution in [0, 0.1) is 10.1 Å². The summed E-state index contributed by atoms with van der Waals surface area (Å²) in [6.45, 7) is 2.92. The molecule has 2 aliphatic heterocycles. The predicted octanol–water partition coefficient (Wildman–Crippen LogP) is 1.59. The van der Waals surface area contributed by atoms with Gasteiger partial charge in [0.05, 0.1) is 24.2 Å². The molecule has 1 aromatic carbocycles. The highest BCUT2D eigenvalue weighted by Gasteiger charge is 2.38. The second-order valence-electron chi connectivity index (χ2n) is 5.97. The standard InChI is InChI=1S/C15H18ClN3O5/c16-14-12(19(21)22)4-9(15(17)20)5-13(14)23-3-1-2-18-7-11-6-10(18)8-24-11/h4-5,10-11H,1-3,6-8H2,(H2,17,20)/t10-,11-/m1/s1. The van der Waals surface area contributed by atoms with Crippen molar-refractivity contribution in [3.63, 3.8) is 0 Å². The number of nitrogens with two attached hydrogens (primary N) is 1. The summed E-state index contributed by atoms with van der Waals surface area (Å²) in [4.78, 5) is 24.0. The van der Waals surface area contributed by atoms with E-state index in [1.165, 1.54) is 6.07 Å². The fourth-order valence-electron chi connectivity index (χ4n) is 3.17. The van der Waals surface area contributed by atoms with Crippen LogP contribution in [0.25, 0.3) is 0 Å². The second kappa shape index (κ2) is 6.92. The molecule has 0 aliphatic carbocycles. The summed E-state index contributed by atoms with van der Waals surface area (Å²) in [7, 11) is 0. The number of benzene rings is 1. The van der Waals surface area contributed by atoms with E-state index in [1.807, 2.05) is 0 Å². The van der Waals surface area contributed by atoms with Crippen LogP contribution in [0.2, 0.25) is 5.02 Å². The molecule has 24 heavy (non-hydrogen) atoms. The van der Waals surface area contributed by atoms with Gasteiger partial charge >= 0.3 is 0 Å².